The summed E-state index contributed by atoms with van der Waals surface area (Å²) in [6, 6.07) is 20.7. The van der Waals surface area contributed by atoms with Gasteiger partial charge in [-0.25, -0.2) is 0 Å². The van der Waals surface area contributed by atoms with Crippen molar-refractivity contribution in [3.05, 3.63) is 96.1 Å². The van der Waals surface area contributed by atoms with Gasteiger partial charge in [-0.2, -0.15) is 26.3 Å². The second-order valence-corrected chi connectivity index (χ2v) is 6.86. The molecule has 6 heteroatoms. The molecular weight excluding hydrogens is 402 g/mol. The standard InChI is InChI=1S/C24H14F6/c25-23(26,27)17-11-7-15(8-12-17)19-3-1-5-21-20(4-2-6-22(19)21)16-9-13-18(14-10-16)24(28,29)30/h1-14H. The summed E-state index contributed by atoms with van der Waals surface area (Å²) in [6.45, 7) is 0. The SMILES string of the molecule is FC(F)(F)c1ccc(-c2cccc3c(-c4ccc(C(F)(F)F)cc4)cccc23)cc1. The van der Waals surface area contributed by atoms with E-state index >= 15 is 0 Å². The molecule has 0 aliphatic rings. The molecule has 0 amide bonds. The lowest BCUT2D eigenvalue weighted by Gasteiger charge is -2.13. The van der Waals surface area contributed by atoms with E-state index in [1.807, 2.05) is 24.3 Å². The molecule has 4 aromatic carbocycles. The lowest BCUT2D eigenvalue weighted by molar-refractivity contribution is -0.138. The van der Waals surface area contributed by atoms with Crippen molar-refractivity contribution in [2.45, 2.75) is 12.4 Å². The number of hydrogen-bond donors (Lipinski definition) is 0. The Morgan fingerprint density at radius 2 is 0.733 bits per heavy atom. The highest BCUT2D eigenvalue weighted by Crippen LogP contribution is 2.37. The van der Waals surface area contributed by atoms with Crippen molar-refractivity contribution in [2.75, 3.05) is 0 Å². The van der Waals surface area contributed by atoms with Crippen LogP contribution in [0, 0.1) is 0 Å². The Bertz CT molecular complexity index is 1090. The summed E-state index contributed by atoms with van der Waals surface area (Å²) >= 11 is 0. The van der Waals surface area contributed by atoms with Crippen molar-refractivity contribution >= 4 is 10.8 Å². The van der Waals surface area contributed by atoms with E-state index in [1.165, 1.54) is 24.3 Å². The Balaban J connectivity index is 1.81. The molecule has 0 heterocycles. The normalized spacial score (nSPS) is 12.3. The van der Waals surface area contributed by atoms with Gasteiger partial charge in [0.1, 0.15) is 0 Å². The Morgan fingerprint density at radius 3 is 1.03 bits per heavy atom. The van der Waals surface area contributed by atoms with E-state index < -0.39 is 23.5 Å². The molecule has 0 radical (unpaired) electrons. The second kappa shape index (κ2) is 7.20. The molecular formula is C24H14F6. The summed E-state index contributed by atoms with van der Waals surface area (Å²) in [5, 5.41) is 1.60. The molecule has 0 bridgehead atoms. The quantitative estimate of drug-likeness (QED) is 0.289. The smallest absolute Gasteiger partial charge is 0.166 e. The van der Waals surface area contributed by atoms with Gasteiger partial charge in [-0.3, -0.25) is 0 Å². The summed E-state index contributed by atoms with van der Waals surface area (Å²) in [5.74, 6) is 0. The third-order valence-corrected chi connectivity index (χ3v) is 4.97. The molecule has 0 spiro atoms. The average molecular weight is 416 g/mol. The third-order valence-electron chi connectivity index (χ3n) is 4.97. The molecule has 4 rings (SSSR count). The van der Waals surface area contributed by atoms with Gasteiger partial charge in [-0.05, 0) is 57.3 Å². The predicted molar refractivity (Wildman–Crippen MR) is 105 cm³/mol. The molecule has 152 valence electrons. The Labute approximate surface area is 168 Å². The van der Waals surface area contributed by atoms with Crippen molar-refractivity contribution in [1.29, 1.82) is 0 Å². The zero-order valence-electron chi connectivity index (χ0n) is 15.4. The van der Waals surface area contributed by atoms with Crippen LogP contribution >= 0.6 is 0 Å². The maximum Gasteiger partial charge on any atom is 0.416 e. The zero-order valence-corrected chi connectivity index (χ0v) is 15.4. The molecule has 0 N–H and O–H groups in total. The minimum atomic E-state index is -4.41. The van der Waals surface area contributed by atoms with E-state index in [4.69, 9.17) is 0 Å². The predicted octanol–water partition coefficient (Wildman–Crippen LogP) is 8.21. The van der Waals surface area contributed by atoms with E-state index in [2.05, 4.69) is 0 Å². The van der Waals surface area contributed by atoms with Gasteiger partial charge in [-0.1, -0.05) is 60.7 Å². The van der Waals surface area contributed by atoms with E-state index in [-0.39, 0.29) is 0 Å². The van der Waals surface area contributed by atoms with Gasteiger partial charge >= 0.3 is 12.4 Å². The Kier molecular flexibility index (Phi) is 4.80. The van der Waals surface area contributed by atoms with E-state index in [1.54, 1.807) is 12.1 Å². The molecule has 0 saturated heterocycles. The lowest BCUT2D eigenvalue weighted by Crippen LogP contribution is -2.04. The summed E-state index contributed by atoms with van der Waals surface area (Å²) in [7, 11) is 0. The first-order valence-corrected chi connectivity index (χ1v) is 9.01. The van der Waals surface area contributed by atoms with Crippen molar-refractivity contribution in [2.24, 2.45) is 0 Å². The van der Waals surface area contributed by atoms with Crippen LogP contribution in [0.2, 0.25) is 0 Å². The monoisotopic (exact) mass is 416 g/mol. The third kappa shape index (κ3) is 3.77. The fraction of sp³-hybridized carbons (Fsp3) is 0.0833. The Morgan fingerprint density at radius 1 is 0.400 bits per heavy atom. The lowest BCUT2D eigenvalue weighted by atomic mass is 9.92. The van der Waals surface area contributed by atoms with Crippen LogP contribution in [0.5, 0.6) is 0 Å². The topological polar surface area (TPSA) is 0 Å². The summed E-state index contributed by atoms with van der Waals surface area (Å²) < 4.78 is 77.1. The maximum absolute atomic E-state index is 12.8. The first-order valence-electron chi connectivity index (χ1n) is 9.01. The van der Waals surface area contributed by atoms with Gasteiger partial charge in [0.25, 0.3) is 0 Å². The van der Waals surface area contributed by atoms with Crippen molar-refractivity contribution in [3.8, 4) is 22.3 Å². The van der Waals surface area contributed by atoms with Gasteiger partial charge in [0.15, 0.2) is 0 Å². The van der Waals surface area contributed by atoms with Crippen LogP contribution in [0.25, 0.3) is 33.0 Å². The number of rotatable bonds is 2. The van der Waals surface area contributed by atoms with E-state index in [0.717, 1.165) is 46.2 Å². The van der Waals surface area contributed by atoms with Crippen molar-refractivity contribution < 1.29 is 26.3 Å². The summed E-state index contributed by atoms with van der Waals surface area (Å²) in [4.78, 5) is 0. The largest absolute Gasteiger partial charge is 0.416 e. The molecule has 0 atom stereocenters. The minimum Gasteiger partial charge on any atom is -0.166 e. The average Bonchev–Trinajstić information content (AvgIpc) is 2.72. The molecule has 0 aliphatic heterocycles. The number of fused-ring (bicyclic) bond motifs is 1. The first kappa shape index (κ1) is 20.0. The van der Waals surface area contributed by atoms with Crippen LogP contribution < -0.4 is 0 Å². The highest BCUT2D eigenvalue weighted by Gasteiger charge is 2.30. The van der Waals surface area contributed by atoms with Gasteiger partial charge in [0, 0.05) is 0 Å². The molecule has 0 saturated carbocycles. The molecule has 0 unspecified atom stereocenters. The van der Waals surface area contributed by atoms with Crippen LogP contribution in [0.15, 0.2) is 84.9 Å². The molecule has 4 aromatic rings. The first-order chi connectivity index (χ1) is 14.1. The van der Waals surface area contributed by atoms with Crippen LogP contribution in [0.1, 0.15) is 11.1 Å². The van der Waals surface area contributed by atoms with Gasteiger partial charge in [0.05, 0.1) is 11.1 Å². The molecule has 0 fully saturated rings. The second-order valence-electron chi connectivity index (χ2n) is 6.86. The maximum atomic E-state index is 12.8. The fourth-order valence-corrected chi connectivity index (χ4v) is 3.49. The fourth-order valence-electron chi connectivity index (χ4n) is 3.49. The number of halogens is 6. The minimum absolute atomic E-state index is 0.623. The van der Waals surface area contributed by atoms with Crippen LogP contribution in [0.4, 0.5) is 26.3 Å². The van der Waals surface area contributed by atoms with Crippen LogP contribution in [-0.2, 0) is 12.4 Å². The molecule has 0 aromatic heterocycles. The van der Waals surface area contributed by atoms with E-state index in [0.29, 0.717) is 11.1 Å². The molecule has 30 heavy (non-hydrogen) atoms. The van der Waals surface area contributed by atoms with Gasteiger partial charge in [0.2, 0.25) is 0 Å². The van der Waals surface area contributed by atoms with Gasteiger partial charge in [-0.15, -0.1) is 0 Å². The number of alkyl halides is 6. The number of benzene rings is 4. The summed E-state index contributed by atoms with van der Waals surface area (Å²) in [5.41, 5.74) is 1.29. The highest BCUT2D eigenvalue weighted by molar-refractivity contribution is 6.04. The van der Waals surface area contributed by atoms with Crippen molar-refractivity contribution in [1.82, 2.24) is 0 Å². The highest BCUT2D eigenvalue weighted by atomic mass is 19.4. The molecule has 0 nitrogen and oxygen atoms in total. The van der Waals surface area contributed by atoms with Crippen LogP contribution in [0.3, 0.4) is 0 Å². The van der Waals surface area contributed by atoms with Crippen molar-refractivity contribution in [3.63, 3.8) is 0 Å². The Hall–Kier alpha value is -3.28. The van der Waals surface area contributed by atoms with E-state index in [9.17, 15) is 26.3 Å². The number of hydrogen-bond acceptors (Lipinski definition) is 0. The van der Waals surface area contributed by atoms with Gasteiger partial charge < -0.3 is 0 Å². The molecule has 0 aliphatic carbocycles. The zero-order chi connectivity index (χ0) is 21.5. The summed E-state index contributed by atoms with van der Waals surface area (Å²) in [6.07, 6.45) is -8.82. The van der Waals surface area contributed by atoms with Crippen LogP contribution in [-0.4, -0.2) is 0 Å².